The largest absolute Gasteiger partial charge is 0.453 e. The molecule has 21 heavy (non-hydrogen) atoms. The van der Waals surface area contributed by atoms with Crippen LogP contribution in [0.25, 0.3) is 0 Å². The average Bonchev–Trinajstić information content (AvgIpc) is 3.07. The number of amides is 2. The molecule has 0 atom stereocenters. The number of hydroxylamine groups is 2. The van der Waals surface area contributed by atoms with Gasteiger partial charge in [-0.2, -0.15) is 5.26 Å². The van der Waals surface area contributed by atoms with Crippen molar-refractivity contribution in [3.05, 3.63) is 59.0 Å². The predicted octanol–water partition coefficient (Wildman–Crippen LogP) is 1.52. The Kier molecular flexibility index (Phi) is 2.77. The standard InChI is InChI=1S/C14H6N2O5/c15-6-9-5-8(7-20-9)14(19)21-16-12(17)10-3-1-2-4-11(10)13(16)18/h1-5,7H. The lowest BCUT2D eigenvalue weighted by molar-refractivity contribution is -0.0585. The first kappa shape index (κ1) is 12.6. The lowest BCUT2D eigenvalue weighted by atomic mass is 10.1. The summed E-state index contributed by atoms with van der Waals surface area (Å²) in [6, 6.07) is 9.00. The van der Waals surface area contributed by atoms with Gasteiger partial charge in [0.05, 0.1) is 11.1 Å². The minimum atomic E-state index is -0.963. The Balaban J connectivity index is 1.84. The molecule has 7 nitrogen and oxygen atoms in total. The van der Waals surface area contributed by atoms with Crippen molar-refractivity contribution in [2.75, 3.05) is 0 Å². The van der Waals surface area contributed by atoms with Gasteiger partial charge in [-0.05, 0) is 12.1 Å². The van der Waals surface area contributed by atoms with Crippen molar-refractivity contribution in [3.63, 3.8) is 0 Å². The van der Waals surface area contributed by atoms with E-state index in [4.69, 9.17) is 14.5 Å². The molecule has 1 aromatic heterocycles. The van der Waals surface area contributed by atoms with E-state index in [1.807, 2.05) is 0 Å². The second kappa shape index (κ2) is 4.61. The number of nitrogens with zero attached hydrogens (tertiary/aromatic N) is 2. The van der Waals surface area contributed by atoms with Gasteiger partial charge in [0.1, 0.15) is 17.9 Å². The molecule has 0 spiro atoms. The molecule has 2 amide bonds. The van der Waals surface area contributed by atoms with Crippen LogP contribution >= 0.6 is 0 Å². The fraction of sp³-hybridized carbons (Fsp3) is 0. The number of fused-ring (bicyclic) bond motifs is 1. The molecule has 3 rings (SSSR count). The zero-order chi connectivity index (χ0) is 15.0. The van der Waals surface area contributed by atoms with E-state index in [9.17, 15) is 14.4 Å². The first-order chi connectivity index (χ1) is 10.1. The van der Waals surface area contributed by atoms with E-state index in [1.165, 1.54) is 12.1 Å². The van der Waals surface area contributed by atoms with E-state index in [-0.39, 0.29) is 22.5 Å². The molecule has 1 aliphatic rings. The van der Waals surface area contributed by atoms with Gasteiger partial charge in [0.15, 0.2) is 0 Å². The lowest BCUT2D eigenvalue weighted by Gasteiger charge is -2.11. The summed E-state index contributed by atoms with van der Waals surface area (Å²) in [5.74, 6) is -2.47. The van der Waals surface area contributed by atoms with Gasteiger partial charge in [-0.3, -0.25) is 9.59 Å². The van der Waals surface area contributed by atoms with Gasteiger partial charge in [-0.15, -0.1) is 0 Å². The number of hydrogen-bond acceptors (Lipinski definition) is 6. The van der Waals surface area contributed by atoms with E-state index < -0.39 is 17.8 Å². The first-order valence-corrected chi connectivity index (χ1v) is 5.80. The van der Waals surface area contributed by atoms with Crippen LogP contribution in [0.3, 0.4) is 0 Å². The van der Waals surface area contributed by atoms with E-state index in [2.05, 4.69) is 0 Å². The molecule has 0 aliphatic carbocycles. The van der Waals surface area contributed by atoms with Crippen molar-refractivity contribution in [2.24, 2.45) is 0 Å². The third-order valence-corrected chi connectivity index (χ3v) is 2.88. The van der Waals surface area contributed by atoms with Crippen LogP contribution in [0.15, 0.2) is 41.0 Å². The quantitative estimate of drug-likeness (QED) is 0.774. The van der Waals surface area contributed by atoms with Crippen LogP contribution in [0.5, 0.6) is 0 Å². The fourth-order valence-electron chi connectivity index (χ4n) is 1.89. The Hall–Kier alpha value is -3.40. The number of benzene rings is 1. The summed E-state index contributed by atoms with van der Waals surface area (Å²) in [6.07, 6.45) is 1.01. The zero-order valence-electron chi connectivity index (χ0n) is 10.4. The number of hydrogen-bond donors (Lipinski definition) is 0. The van der Waals surface area contributed by atoms with E-state index in [0.29, 0.717) is 5.06 Å². The summed E-state index contributed by atoms with van der Waals surface area (Å²) >= 11 is 0. The summed E-state index contributed by atoms with van der Waals surface area (Å²) < 4.78 is 4.76. The minimum Gasteiger partial charge on any atom is -0.453 e. The fourth-order valence-corrected chi connectivity index (χ4v) is 1.89. The third kappa shape index (κ3) is 1.95. The number of carbonyl (C=O) groups is 3. The van der Waals surface area contributed by atoms with E-state index in [1.54, 1.807) is 18.2 Å². The lowest BCUT2D eigenvalue weighted by Crippen LogP contribution is -2.32. The maximum Gasteiger partial charge on any atom is 0.367 e. The van der Waals surface area contributed by atoms with Crippen LogP contribution in [0.2, 0.25) is 0 Å². The maximum atomic E-state index is 12.0. The van der Waals surface area contributed by atoms with Crippen LogP contribution in [0.4, 0.5) is 0 Å². The molecule has 0 unspecified atom stereocenters. The molecule has 7 heteroatoms. The normalized spacial score (nSPS) is 13.0. The van der Waals surface area contributed by atoms with Gasteiger partial charge in [0.25, 0.3) is 11.8 Å². The summed E-state index contributed by atoms with van der Waals surface area (Å²) in [5.41, 5.74) is 0.267. The molecular formula is C14H6N2O5. The van der Waals surface area contributed by atoms with Crippen LogP contribution in [0, 0.1) is 11.3 Å². The number of carbonyl (C=O) groups excluding carboxylic acids is 3. The number of nitriles is 1. The summed E-state index contributed by atoms with van der Waals surface area (Å²) in [4.78, 5) is 40.6. The van der Waals surface area contributed by atoms with Crippen LogP contribution in [0.1, 0.15) is 36.8 Å². The topological polar surface area (TPSA) is 101 Å². The average molecular weight is 282 g/mol. The van der Waals surface area contributed by atoms with Gasteiger partial charge < -0.3 is 9.25 Å². The Morgan fingerprint density at radius 3 is 2.33 bits per heavy atom. The highest BCUT2D eigenvalue weighted by Crippen LogP contribution is 2.23. The van der Waals surface area contributed by atoms with Crippen molar-refractivity contribution in [1.29, 1.82) is 5.26 Å². The summed E-state index contributed by atoms with van der Waals surface area (Å²) in [6.45, 7) is 0. The Labute approximate surface area is 117 Å². The van der Waals surface area contributed by atoms with Gasteiger partial charge in [0, 0.05) is 6.07 Å². The van der Waals surface area contributed by atoms with Crippen LogP contribution in [-0.2, 0) is 4.84 Å². The SMILES string of the molecule is N#Cc1cc(C(=O)ON2C(=O)c3ccccc3C2=O)co1. The highest BCUT2D eigenvalue weighted by molar-refractivity contribution is 6.21. The third-order valence-electron chi connectivity index (χ3n) is 2.88. The first-order valence-electron chi connectivity index (χ1n) is 5.80. The van der Waals surface area contributed by atoms with Crippen molar-refractivity contribution in [1.82, 2.24) is 5.06 Å². The van der Waals surface area contributed by atoms with Gasteiger partial charge in [-0.25, -0.2) is 4.79 Å². The number of rotatable bonds is 2. The van der Waals surface area contributed by atoms with Crippen molar-refractivity contribution in [2.45, 2.75) is 0 Å². The Morgan fingerprint density at radius 2 is 1.81 bits per heavy atom. The predicted molar refractivity (Wildman–Crippen MR) is 65.8 cm³/mol. The molecule has 0 bridgehead atoms. The number of furan rings is 1. The molecule has 2 aromatic rings. The van der Waals surface area contributed by atoms with Crippen molar-refractivity contribution >= 4 is 17.8 Å². The maximum absolute atomic E-state index is 12.0. The van der Waals surface area contributed by atoms with Crippen LogP contribution in [-0.4, -0.2) is 22.8 Å². The molecule has 1 aromatic carbocycles. The van der Waals surface area contributed by atoms with Gasteiger partial charge in [0.2, 0.25) is 5.76 Å². The van der Waals surface area contributed by atoms with E-state index >= 15 is 0 Å². The minimum absolute atomic E-state index is 0.0666. The Morgan fingerprint density at radius 1 is 1.19 bits per heavy atom. The highest BCUT2D eigenvalue weighted by Gasteiger charge is 2.38. The monoisotopic (exact) mass is 282 g/mol. The second-order valence-corrected chi connectivity index (χ2v) is 4.14. The summed E-state index contributed by atoms with van der Waals surface area (Å²) in [5, 5.41) is 9.00. The molecule has 0 saturated carbocycles. The molecule has 1 aliphatic heterocycles. The zero-order valence-corrected chi connectivity index (χ0v) is 10.4. The van der Waals surface area contributed by atoms with E-state index in [0.717, 1.165) is 12.3 Å². The smallest absolute Gasteiger partial charge is 0.367 e. The molecule has 0 N–H and O–H groups in total. The highest BCUT2D eigenvalue weighted by atomic mass is 16.7. The summed E-state index contributed by atoms with van der Waals surface area (Å²) in [7, 11) is 0. The van der Waals surface area contributed by atoms with Gasteiger partial charge in [-0.1, -0.05) is 17.2 Å². The Bertz CT molecular complexity index is 780. The molecule has 2 heterocycles. The van der Waals surface area contributed by atoms with Crippen LogP contribution < -0.4 is 0 Å². The second-order valence-electron chi connectivity index (χ2n) is 4.14. The van der Waals surface area contributed by atoms with Gasteiger partial charge >= 0.3 is 5.97 Å². The number of imide groups is 1. The van der Waals surface area contributed by atoms with Crippen molar-refractivity contribution in [3.8, 4) is 6.07 Å². The molecular weight excluding hydrogens is 276 g/mol. The van der Waals surface area contributed by atoms with Crippen molar-refractivity contribution < 1.29 is 23.6 Å². The molecule has 0 radical (unpaired) electrons. The molecule has 102 valence electrons. The molecule has 0 saturated heterocycles. The molecule has 0 fully saturated rings.